The van der Waals surface area contributed by atoms with Gasteiger partial charge in [-0.1, -0.05) is 12.1 Å². The van der Waals surface area contributed by atoms with E-state index < -0.39 is 12.1 Å². The van der Waals surface area contributed by atoms with E-state index in [2.05, 4.69) is 16.3 Å². The van der Waals surface area contributed by atoms with Gasteiger partial charge in [-0.05, 0) is 23.6 Å². The van der Waals surface area contributed by atoms with Crippen LogP contribution in [0.1, 0.15) is 17.2 Å². The number of halogens is 4. The summed E-state index contributed by atoms with van der Waals surface area (Å²) in [5.74, 6) is -2.79. The second-order valence-corrected chi connectivity index (χ2v) is 5.12. The average Bonchev–Trinajstić information content (AvgIpc) is 2.47. The Balaban J connectivity index is 0.000000217. The van der Waals surface area contributed by atoms with E-state index in [0.717, 1.165) is 38.2 Å². The van der Waals surface area contributed by atoms with Crippen LogP contribution in [0.3, 0.4) is 0 Å². The number of piperazine rings is 1. The van der Waals surface area contributed by atoms with Crippen molar-refractivity contribution in [3.05, 3.63) is 35.1 Å². The predicted molar refractivity (Wildman–Crippen MR) is 71.0 cm³/mol. The van der Waals surface area contributed by atoms with Crippen LogP contribution in [-0.4, -0.2) is 48.3 Å². The van der Waals surface area contributed by atoms with Crippen molar-refractivity contribution in [2.75, 3.05) is 26.2 Å². The molecule has 0 saturated carbocycles. The lowest BCUT2D eigenvalue weighted by atomic mass is 9.91. The van der Waals surface area contributed by atoms with Crippen LogP contribution in [-0.2, 0) is 11.2 Å². The lowest BCUT2D eigenvalue weighted by Gasteiger charge is -2.40. The van der Waals surface area contributed by atoms with Crippen molar-refractivity contribution in [2.45, 2.75) is 18.6 Å². The maximum absolute atomic E-state index is 13.6. The molecule has 0 unspecified atom stereocenters. The zero-order chi connectivity index (χ0) is 16.3. The van der Waals surface area contributed by atoms with Crippen molar-refractivity contribution in [2.24, 2.45) is 0 Å². The van der Waals surface area contributed by atoms with E-state index in [1.54, 1.807) is 6.07 Å². The van der Waals surface area contributed by atoms with Gasteiger partial charge in [-0.2, -0.15) is 13.2 Å². The van der Waals surface area contributed by atoms with E-state index >= 15 is 0 Å². The monoisotopic (exact) mass is 320 g/mol. The molecule has 0 amide bonds. The Morgan fingerprint density at radius 3 is 2.64 bits per heavy atom. The molecule has 1 aromatic rings. The molecule has 1 aromatic carbocycles. The Morgan fingerprint density at radius 2 is 2.00 bits per heavy atom. The number of hydrogen-bond donors (Lipinski definition) is 2. The third-order valence-corrected chi connectivity index (χ3v) is 3.76. The van der Waals surface area contributed by atoms with E-state index in [4.69, 9.17) is 9.90 Å². The first-order chi connectivity index (χ1) is 10.3. The van der Waals surface area contributed by atoms with E-state index in [1.165, 1.54) is 5.56 Å². The van der Waals surface area contributed by atoms with Gasteiger partial charge in [-0.25, -0.2) is 9.18 Å². The van der Waals surface area contributed by atoms with Gasteiger partial charge in [0.1, 0.15) is 5.82 Å². The van der Waals surface area contributed by atoms with Crippen molar-refractivity contribution < 1.29 is 27.5 Å². The highest BCUT2D eigenvalue weighted by Gasteiger charge is 2.38. The molecule has 0 aliphatic carbocycles. The Bertz CT molecular complexity index is 548. The van der Waals surface area contributed by atoms with Crippen LogP contribution in [0, 0.1) is 5.82 Å². The molecule has 3 rings (SSSR count). The Hall–Kier alpha value is -1.67. The number of fused-ring (bicyclic) bond motifs is 3. The molecule has 0 radical (unpaired) electrons. The van der Waals surface area contributed by atoms with E-state index in [-0.39, 0.29) is 5.82 Å². The smallest absolute Gasteiger partial charge is 0.475 e. The molecule has 0 aromatic heterocycles. The van der Waals surface area contributed by atoms with Crippen molar-refractivity contribution in [3.8, 4) is 0 Å². The largest absolute Gasteiger partial charge is 0.490 e. The maximum Gasteiger partial charge on any atom is 0.490 e. The molecule has 1 fully saturated rings. The average molecular weight is 320 g/mol. The fraction of sp³-hybridized carbons (Fsp3) is 0.500. The molecule has 0 spiro atoms. The minimum absolute atomic E-state index is 0.0299. The summed E-state index contributed by atoms with van der Waals surface area (Å²) in [5.41, 5.74) is 2.12. The van der Waals surface area contributed by atoms with Gasteiger partial charge in [0.25, 0.3) is 0 Å². The zero-order valence-corrected chi connectivity index (χ0v) is 11.7. The van der Waals surface area contributed by atoms with Crippen LogP contribution in [0.4, 0.5) is 17.6 Å². The Kier molecular flexibility index (Phi) is 5.02. The van der Waals surface area contributed by atoms with Crippen LogP contribution in [0.5, 0.6) is 0 Å². The fourth-order valence-corrected chi connectivity index (χ4v) is 2.73. The lowest BCUT2D eigenvalue weighted by molar-refractivity contribution is -0.192. The third kappa shape index (κ3) is 3.75. The van der Waals surface area contributed by atoms with Crippen molar-refractivity contribution >= 4 is 5.97 Å². The quantitative estimate of drug-likeness (QED) is 0.718. The molecule has 1 atom stereocenters. The summed E-state index contributed by atoms with van der Waals surface area (Å²) in [5, 5.41) is 10.5. The number of carboxylic acid groups (broad SMARTS) is 1. The van der Waals surface area contributed by atoms with Gasteiger partial charge in [-0.3, -0.25) is 4.90 Å². The van der Waals surface area contributed by atoms with Crippen LogP contribution in [0.15, 0.2) is 18.2 Å². The number of aliphatic carboxylic acids is 1. The predicted octanol–water partition coefficient (Wildman–Crippen LogP) is 1.96. The topological polar surface area (TPSA) is 52.6 Å². The van der Waals surface area contributed by atoms with Gasteiger partial charge >= 0.3 is 12.1 Å². The molecule has 4 nitrogen and oxygen atoms in total. The first-order valence-corrected chi connectivity index (χ1v) is 6.83. The van der Waals surface area contributed by atoms with Gasteiger partial charge in [0.2, 0.25) is 0 Å². The van der Waals surface area contributed by atoms with Crippen molar-refractivity contribution in [1.29, 1.82) is 0 Å². The normalized spacial score (nSPS) is 21.2. The van der Waals surface area contributed by atoms with Crippen molar-refractivity contribution in [3.63, 3.8) is 0 Å². The van der Waals surface area contributed by atoms with E-state index in [0.29, 0.717) is 6.04 Å². The number of nitrogens with one attached hydrogen (secondary N) is 1. The van der Waals surface area contributed by atoms with Gasteiger partial charge in [0.05, 0.1) is 0 Å². The number of carbonyl (C=O) groups is 1. The maximum atomic E-state index is 13.6. The second kappa shape index (κ2) is 6.62. The summed E-state index contributed by atoms with van der Waals surface area (Å²) in [6.07, 6.45) is -4.22. The lowest BCUT2D eigenvalue weighted by Crippen LogP contribution is -2.49. The summed E-state index contributed by atoms with van der Waals surface area (Å²) in [4.78, 5) is 11.4. The van der Waals surface area contributed by atoms with Crippen LogP contribution >= 0.6 is 0 Å². The van der Waals surface area contributed by atoms with E-state index in [9.17, 15) is 17.6 Å². The molecule has 8 heteroatoms. The number of carboxylic acids is 1. The van der Waals surface area contributed by atoms with Gasteiger partial charge in [0, 0.05) is 32.2 Å². The minimum Gasteiger partial charge on any atom is -0.475 e. The molecular weight excluding hydrogens is 304 g/mol. The van der Waals surface area contributed by atoms with Gasteiger partial charge in [-0.15, -0.1) is 0 Å². The van der Waals surface area contributed by atoms with Gasteiger partial charge in [0.15, 0.2) is 0 Å². The molecule has 1 saturated heterocycles. The van der Waals surface area contributed by atoms with Crippen LogP contribution in [0.2, 0.25) is 0 Å². The second-order valence-electron chi connectivity index (χ2n) is 5.12. The molecule has 2 heterocycles. The number of alkyl halides is 3. The Labute approximate surface area is 124 Å². The van der Waals surface area contributed by atoms with Gasteiger partial charge < -0.3 is 10.4 Å². The highest BCUT2D eigenvalue weighted by atomic mass is 19.4. The zero-order valence-electron chi connectivity index (χ0n) is 11.7. The number of benzene rings is 1. The molecule has 2 aliphatic rings. The first-order valence-electron chi connectivity index (χ1n) is 6.83. The van der Waals surface area contributed by atoms with E-state index in [1.807, 2.05) is 6.07 Å². The first kappa shape index (κ1) is 16.7. The molecular formula is C14H16F4N2O2. The third-order valence-electron chi connectivity index (χ3n) is 3.76. The van der Waals surface area contributed by atoms with Crippen molar-refractivity contribution in [1.82, 2.24) is 10.2 Å². The standard InChI is InChI=1S/C12H15FN2.C2HF3O2/c13-11-3-1-2-10-9(11)4-6-15-7-5-14-8-12(10)15;3-2(4,5)1(6)7/h1-3,12,14H,4-8H2;(H,6,7)/t12-;/m0./s1. The summed E-state index contributed by atoms with van der Waals surface area (Å²) in [7, 11) is 0. The number of rotatable bonds is 0. The minimum atomic E-state index is -5.08. The highest BCUT2D eigenvalue weighted by Crippen LogP contribution is 2.31. The van der Waals surface area contributed by atoms with Crippen LogP contribution < -0.4 is 5.32 Å². The summed E-state index contributed by atoms with van der Waals surface area (Å²) in [6.45, 7) is 4.10. The highest BCUT2D eigenvalue weighted by molar-refractivity contribution is 5.73. The summed E-state index contributed by atoms with van der Waals surface area (Å²) in [6, 6.07) is 5.86. The Morgan fingerprint density at radius 1 is 1.32 bits per heavy atom. The fourth-order valence-electron chi connectivity index (χ4n) is 2.73. The number of hydrogen-bond acceptors (Lipinski definition) is 3. The van der Waals surface area contributed by atoms with Crippen LogP contribution in [0.25, 0.3) is 0 Å². The molecule has 0 bridgehead atoms. The summed E-state index contributed by atoms with van der Waals surface area (Å²) >= 11 is 0. The SMILES string of the molecule is Fc1cccc2c1CCN1CCNC[C@@H]21.O=C(O)C(F)(F)F. The molecule has 22 heavy (non-hydrogen) atoms. The molecule has 2 aliphatic heterocycles. The summed E-state index contributed by atoms with van der Waals surface area (Å²) < 4.78 is 45.3. The number of nitrogens with zero attached hydrogens (tertiary/aromatic N) is 1. The molecule has 122 valence electrons. The molecule has 2 N–H and O–H groups in total.